The van der Waals surface area contributed by atoms with Crippen LogP contribution in [0.25, 0.3) is 0 Å². The van der Waals surface area contributed by atoms with Gasteiger partial charge in [0.25, 0.3) is 0 Å². The highest BCUT2D eigenvalue weighted by molar-refractivity contribution is 5.87. The standard InChI is InChI=1S/C19H29NO5/c1-13(16(21)23-5)20(18(22)19(2,3)4)12-14-10-8-9-11-15(14)17(24-6)25-7/h8-11,13,17H,12H2,1-7H3/t13-/m1/s1. The van der Waals surface area contributed by atoms with Gasteiger partial charge in [0.05, 0.1) is 7.11 Å². The number of carbonyl (C=O) groups is 2. The van der Waals surface area contributed by atoms with Gasteiger partial charge in [-0.05, 0) is 12.5 Å². The van der Waals surface area contributed by atoms with Crippen molar-refractivity contribution in [2.45, 2.75) is 46.6 Å². The molecule has 0 saturated heterocycles. The quantitative estimate of drug-likeness (QED) is 0.558. The second-order valence-electron chi connectivity index (χ2n) is 6.88. The van der Waals surface area contributed by atoms with Gasteiger partial charge in [0.2, 0.25) is 5.91 Å². The lowest BCUT2D eigenvalue weighted by Gasteiger charge is -2.34. The topological polar surface area (TPSA) is 65.1 Å². The molecule has 1 aromatic carbocycles. The first-order valence-corrected chi connectivity index (χ1v) is 8.19. The molecule has 0 aromatic heterocycles. The van der Waals surface area contributed by atoms with Crippen molar-refractivity contribution in [3.63, 3.8) is 0 Å². The van der Waals surface area contributed by atoms with Gasteiger partial charge in [-0.1, -0.05) is 45.0 Å². The van der Waals surface area contributed by atoms with E-state index in [0.717, 1.165) is 11.1 Å². The van der Waals surface area contributed by atoms with Crippen LogP contribution in [0.3, 0.4) is 0 Å². The zero-order valence-corrected chi connectivity index (χ0v) is 16.2. The molecule has 0 saturated carbocycles. The second-order valence-corrected chi connectivity index (χ2v) is 6.88. The molecule has 1 rings (SSSR count). The predicted octanol–water partition coefficient (Wildman–Crippen LogP) is 2.91. The molecule has 1 aromatic rings. The third-order valence-electron chi connectivity index (χ3n) is 3.99. The van der Waals surface area contributed by atoms with Crippen LogP contribution in [0.2, 0.25) is 0 Å². The zero-order valence-electron chi connectivity index (χ0n) is 16.2. The normalized spacial score (nSPS) is 12.8. The highest BCUT2D eigenvalue weighted by Crippen LogP contribution is 2.26. The minimum atomic E-state index is -0.701. The third-order valence-corrected chi connectivity index (χ3v) is 3.99. The van der Waals surface area contributed by atoms with Crippen molar-refractivity contribution >= 4 is 11.9 Å². The summed E-state index contributed by atoms with van der Waals surface area (Å²) >= 11 is 0. The predicted molar refractivity (Wildman–Crippen MR) is 94.7 cm³/mol. The first-order valence-electron chi connectivity index (χ1n) is 8.19. The maximum Gasteiger partial charge on any atom is 0.328 e. The molecule has 0 fully saturated rings. The van der Waals surface area contributed by atoms with Crippen LogP contribution in [0.4, 0.5) is 0 Å². The second kappa shape index (κ2) is 8.97. The molecule has 6 nitrogen and oxygen atoms in total. The van der Waals surface area contributed by atoms with Crippen molar-refractivity contribution in [3.05, 3.63) is 35.4 Å². The number of esters is 1. The molecule has 0 radical (unpaired) electrons. The van der Waals surface area contributed by atoms with E-state index in [1.807, 2.05) is 45.0 Å². The molecule has 0 unspecified atom stereocenters. The summed E-state index contributed by atoms with van der Waals surface area (Å²) < 4.78 is 15.5. The van der Waals surface area contributed by atoms with Gasteiger partial charge < -0.3 is 19.1 Å². The van der Waals surface area contributed by atoms with E-state index in [4.69, 9.17) is 14.2 Å². The highest BCUT2D eigenvalue weighted by Gasteiger charge is 2.34. The van der Waals surface area contributed by atoms with E-state index in [9.17, 15) is 9.59 Å². The molecule has 0 N–H and O–H groups in total. The summed E-state index contributed by atoms with van der Waals surface area (Å²) in [7, 11) is 4.43. The third kappa shape index (κ3) is 5.28. The lowest BCUT2D eigenvalue weighted by Crippen LogP contribution is -2.48. The number of hydrogen-bond donors (Lipinski definition) is 0. The Labute approximate surface area is 150 Å². The summed E-state index contributed by atoms with van der Waals surface area (Å²) in [6.07, 6.45) is -0.545. The summed E-state index contributed by atoms with van der Waals surface area (Å²) in [5.41, 5.74) is 1.04. The van der Waals surface area contributed by atoms with Gasteiger partial charge in [0.1, 0.15) is 6.04 Å². The molecule has 25 heavy (non-hydrogen) atoms. The van der Waals surface area contributed by atoms with E-state index in [0.29, 0.717) is 0 Å². The molecular weight excluding hydrogens is 322 g/mol. The Bertz CT molecular complexity index is 590. The monoisotopic (exact) mass is 351 g/mol. The maximum absolute atomic E-state index is 12.9. The van der Waals surface area contributed by atoms with Crippen LogP contribution in [0.1, 0.15) is 45.1 Å². The highest BCUT2D eigenvalue weighted by atomic mass is 16.7. The van der Waals surface area contributed by atoms with E-state index in [1.165, 1.54) is 12.0 Å². The number of nitrogens with zero attached hydrogens (tertiary/aromatic N) is 1. The van der Waals surface area contributed by atoms with Crippen molar-refractivity contribution in [1.82, 2.24) is 4.90 Å². The smallest absolute Gasteiger partial charge is 0.328 e. The Balaban J connectivity index is 3.27. The zero-order chi connectivity index (χ0) is 19.2. The minimum absolute atomic E-state index is 0.133. The lowest BCUT2D eigenvalue weighted by molar-refractivity contribution is -0.156. The fraction of sp³-hybridized carbons (Fsp3) is 0.579. The number of methoxy groups -OCH3 is 3. The Kier molecular flexibility index (Phi) is 7.58. The van der Waals surface area contributed by atoms with E-state index in [-0.39, 0.29) is 12.5 Å². The summed E-state index contributed by atoms with van der Waals surface area (Å²) in [4.78, 5) is 26.5. The van der Waals surface area contributed by atoms with Crippen LogP contribution >= 0.6 is 0 Å². The van der Waals surface area contributed by atoms with E-state index in [2.05, 4.69) is 0 Å². The van der Waals surface area contributed by atoms with Crippen LogP contribution < -0.4 is 0 Å². The van der Waals surface area contributed by atoms with E-state index < -0.39 is 23.7 Å². The maximum atomic E-state index is 12.9. The summed E-state index contributed by atoms with van der Waals surface area (Å²) in [5, 5.41) is 0. The van der Waals surface area contributed by atoms with Gasteiger partial charge in [0, 0.05) is 31.7 Å². The van der Waals surface area contributed by atoms with Crippen molar-refractivity contribution in [2.24, 2.45) is 5.41 Å². The van der Waals surface area contributed by atoms with Crippen LogP contribution in [-0.2, 0) is 30.3 Å². The summed E-state index contributed by atoms with van der Waals surface area (Å²) in [5.74, 6) is -0.586. The van der Waals surface area contributed by atoms with Crippen molar-refractivity contribution in [3.8, 4) is 0 Å². The largest absolute Gasteiger partial charge is 0.467 e. The molecule has 1 amide bonds. The first kappa shape index (κ1) is 21.1. The van der Waals surface area contributed by atoms with Gasteiger partial charge in [-0.3, -0.25) is 4.79 Å². The van der Waals surface area contributed by atoms with E-state index in [1.54, 1.807) is 21.1 Å². The first-order chi connectivity index (χ1) is 11.7. The van der Waals surface area contributed by atoms with Crippen molar-refractivity contribution in [2.75, 3.05) is 21.3 Å². The van der Waals surface area contributed by atoms with Gasteiger partial charge in [-0.2, -0.15) is 0 Å². The number of benzene rings is 1. The van der Waals surface area contributed by atoms with Gasteiger partial charge >= 0.3 is 5.97 Å². The number of ether oxygens (including phenoxy) is 3. The molecule has 140 valence electrons. The SMILES string of the molecule is COC(=O)[C@@H](C)N(Cc1ccccc1C(OC)OC)C(=O)C(C)(C)C. The molecule has 0 spiro atoms. The fourth-order valence-electron chi connectivity index (χ4n) is 2.56. The average Bonchev–Trinajstić information content (AvgIpc) is 2.59. The Morgan fingerprint density at radius 3 is 2.12 bits per heavy atom. The molecule has 0 bridgehead atoms. The lowest BCUT2D eigenvalue weighted by atomic mass is 9.93. The Hall–Kier alpha value is -1.92. The number of rotatable bonds is 7. The Morgan fingerprint density at radius 2 is 1.64 bits per heavy atom. The average molecular weight is 351 g/mol. The molecule has 6 heteroatoms. The molecule has 0 aliphatic carbocycles. The fourth-order valence-corrected chi connectivity index (χ4v) is 2.56. The molecule has 0 aliphatic heterocycles. The van der Waals surface area contributed by atoms with Gasteiger partial charge in [-0.15, -0.1) is 0 Å². The number of hydrogen-bond acceptors (Lipinski definition) is 5. The van der Waals surface area contributed by atoms with Gasteiger partial charge in [0.15, 0.2) is 6.29 Å². The molecule has 1 atom stereocenters. The number of carbonyl (C=O) groups excluding carboxylic acids is 2. The van der Waals surface area contributed by atoms with E-state index >= 15 is 0 Å². The summed E-state index contributed by atoms with van der Waals surface area (Å²) in [6, 6.07) is 6.84. The number of amides is 1. The molecule has 0 aliphatic rings. The van der Waals surface area contributed by atoms with Crippen LogP contribution in [0, 0.1) is 5.41 Å². The minimum Gasteiger partial charge on any atom is -0.467 e. The summed E-state index contributed by atoms with van der Waals surface area (Å²) in [6.45, 7) is 7.40. The Morgan fingerprint density at radius 1 is 1.08 bits per heavy atom. The van der Waals surface area contributed by atoms with Crippen molar-refractivity contribution < 1.29 is 23.8 Å². The van der Waals surface area contributed by atoms with Crippen LogP contribution in [-0.4, -0.2) is 44.1 Å². The van der Waals surface area contributed by atoms with Crippen molar-refractivity contribution in [1.29, 1.82) is 0 Å². The van der Waals surface area contributed by atoms with Gasteiger partial charge in [-0.25, -0.2) is 4.79 Å². The van der Waals surface area contributed by atoms with Crippen LogP contribution in [0.5, 0.6) is 0 Å². The van der Waals surface area contributed by atoms with Crippen LogP contribution in [0.15, 0.2) is 24.3 Å². The molecular formula is C19H29NO5. The molecule has 0 heterocycles.